The highest BCUT2D eigenvalue weighted by atomic mass is 19.1. The van der Waals surface area contributed by atoms with E-state index < -0.39 is 34.8 Å². The molecular formula is C25H20F3N5O3. The molecule has 4 aromatic rings. The summed E-state index contributed by atoms with van der Waals surface area (Å²) in [7, 11) is 0. The summed E-state index contributed by atoms with van der Waals surface area (Å²) in [4.78, 5) is 33.4. The van der Waals surface area contributed by atoms with Crippen LogP contribution in [-0.2, 0) is 0 Å². The van der Waals surface area contributed by atoms with Crippen LogP contribution in [0.3, 0.4) is 0 Å². The standard InChI is InChI=1S/C25H20F3N5O3/c1-12-4-5-15(23(34)32-33-24(35)22-18(27)10-16(26)11-19(22)28)9-21(12)31-25-29-7-6-20(30-25)17-8-13(2)36-14(17)3/h4-11H,1-3H3,(H,32,34)(H,33,35)(H,29,30,31). The van der Waals surface area contributed by atoms with Crippen LogP contribution in [0.15, 0.2) is 53.1 Å². The molecule has 0 atom stereocenters. The lowest BCUT2D eigenvalue weighted by Crippen LogP contribution is -2.42. The van der Waals surface area contributed by atoms with Crippen molar-refractivity contribution in [3.63, 3.8) is 0 Å². The molecule has 0 bridgehead atoms. The summed E-state index contributed by atoms with van der Waals surface area (Å²) in [5.41, 5.74) is 5.87. The Kier molecular flexibility index (Phi) is 6.73. The molecule has 0 radical (unpaired) electrons. The number of anilines is 2. The molecule has 8 nitrogen and oxygen atoms in total. The summed E-state index contributed by atoms with van der Waals surface area (Å²) < 4.78 is 46.2. The Balaban J connectivity index is 1.49. The van der Waals surface area contributed by atoms with Crippen molar-refractivity contribution < 1.29 is 27.2 Å². The van der Waals surface area contributed by atoms with Gasteiger partial charge in [-0.25, -0.2) is 23.1 Å². The maximum atomic E-state index is 13.8. The van der Waals surface area contributed by atoms with Crippen LogP contribution in [0, 0.1) is 38.2 Å². The molecule has 2 amide bonds. The molecule has 2 aromatic carbocycles. The molecule has 184 valence electrons. The van der Waals surface area contributed by atoms with Crippen molar-refractivity contribution in [1.29, 1.82) is 0 Å². The minimum absolute atomic E-state index is 0.126. The lowest BCUT2D eigenvalue weighted by Gasteiger charge is -2.12. The van der Waals surface area contributed by atoms with Crippen molar-refractivity contribution >= 4 is 23.5 Å². The number of hydrazine groups is 1. The van der Waals surface area contributed by atoms with E-state index in [0.29, 0.717) is 23.5 Å². The molecule has 0 saturated heterocycles. The van der Waals surface area contributed by atoms with Crippen LogP contribution < -0.4 is 16.2 Å². The topological polar surface area (TPSA) is 109 Å². The number of nitrogens with zero attached hydrogens (tertiary/aromatic N) is 2. The molecule has 4 rings (SSSR count). The number of nitrogens with one attached hydrogen (secondary N) is 3. The monoisotopic (exact) mass is 495 g/mol. The first-order chi connectivity index (χ1) is 17.1. The second-order valence-corrected chi connectivity index (χ2v) is 7.90. The molecule has 0 aliphatic heterocycles. The van der Waals surface area contributed by atoms with E-state index in [1.54, 1.807) is 25.3 Å². The third-order valence-corrected chi connectivity index (χ3v) is 5.24. The first-order valence-electron chi connectivity index (χ1n) is 10.7. The highest BCUT2D eigenvalue weighted by Gasteiger charge is 2.20. The quantitative estimate of drug-likeness (QED) is 0.340. The lowest BCUT2D eigenvalue weighted by atomic mass is 10.1. The maximum absolute atomic E-state index is 13.8. The number of rotatable bonds is 5. The number of hydrogen-bond acceptors (Lipinski definition) is 6. The minimum Gasteiger partial charge on any atom is -0.466 e. The Morgan fingerprint density at radius 3 is 2.25 bits per heavy atom. The van der Waals surface area contributed by atoms with Gasteiger partial charge in [-0.15, -0.1) is 0 Å². The number of aryl methyl sites for hydroxylation is 3. The van der Waals surface area contributed by atoms with Crippen LogP contribution in [0.5, 0.6) is 0 Å². The summed E-state index contributed by atoms with van der Waals surface area (Å²) in [5.74, 6) is -4.26. The van der Waals surface area contributed by atoms with Crippen LogP contribution >= 0.6 is 0 Å². The van der Waals surface area contributed by atoms with Crippen molar-refractivity contribution in [2.24, 2.45) is 0 Å². The average molecular weight is 495 g/mol. The number of furan rings is 1. The summed E-state index contributed by atoms with van der Waals surface area (Å²) in [6.45, 7) is 5.48. The van der Waals surface area contributed by atoms with E-state index >= 15 is 0 Å². The second kappa shape index (κ2) is 9.90. The summed E-state index contributed by atoms with van der Waals surface area (Å²) in [5, 5.41) is 3.06. The molecule has 2 aromatic heterocycles. The fourth-order valence-electron chi connectivity index (χ4n) is 3.48. The number of hydrogen-bond donors (Lipinski definition) is 3. The zero-order valence-corrected chi connectivity index (χ0v) is 19.4. The number of carbonyl (C=O) groups is 2. The molecule has 2 heterocycles. The van der Waals surface area contributed by atoms with Gasteiger partial charge in [0, 0.05) is 35.1 Å². The van der Waals surface area contributed by atoms with Gasteiger partial charge in [0.05, 0.1) is 5.69 Å². The fourth-order valence-corrected chi connectivity index (χ4v) is 3.48. The van der Waals surface area contributed by atoms with E-state index in [2.05, 4.69) is 20.7 Å². The molecule has 3 N–H and O–H groups in total. The molecule has 0 spiro atoms. The van der Waals surface area contributed by atoms with E-state index in [9.17, 15) is 22.8 Å². The predicted molar refractivity (Wildman–Crippen MR) is 125 cm³/mol. The highest BCUT2D eigenvalue weighted by molar-refractivity contribution is 5.99. The third kappa shape index (κ3) is 5.19. The summed E-state index contributed by atoms with van der Waals surface area (Å²) in [6.07, 6.45) is 1.58. The second-order valence-electron chi connectivity index (χ2n) is 7.90. The fraction of sp³-hybridized carbons (Fsp3) is 0.120. The van der Waals surface area contributed by atoms with Crippen molar-refractivity contribution in [3.8, 4) is 11.3 Å². The molecule has 0 unspecified atom stereocenters. The number of carbonyl (C=O) groups excluding carboxylic acids is 2. The Hall–Kier alpha value is -4.67. The van der Waals surface area contributed by atoms with Gasteiger partial charge >= 0.3 is 0 Å². The van der Waals surface area contributed by atoms with Gasteiger partial charge in [-0.3, -0.25) is 20.4 Å². The molecule has 0 aliphatic carbocycles. The predicted octanol–water partition coefficient (Wildman–Crippen LogP) is 4.90. The van der Waals surface area contributed by atoms with E-state index in [0.717, 1.165) is 22.6 Å². The van der Waals surface area contributed by atoms with E-state index in [1.807, 2.05) is 25.3 Å². The molecular weight excluding hydrogens is 475 g/mol. The lowest BCUT2D eigenvalue weighted by molar-refractivity contribution is 0.0841. The average Bonchev–Trinajstić information content (AvgIpc) is 3.16. The van der Waals surface area contributed by atoms with Crippen molar-refractivity contribution in [1.82, 2.24) is 20.8 Å². The van der Waals surface area contributed by atoms with Gasteiger partial charge < -0.3 is 9.73 Å². The van der Waals surface area contributed by atoms with E-state index in [-0.39, 0.29) is 11.5 Å². The van der Waals surface area contributed by atoms with Crippen LogP contribution in [0.1, 0.15) is 37.8 Å². The normalized spacial score (nSPS) is 10.7. The number of benzene rings is 2. The summed E-state index contributed by atoms with van der Waals surface area (Å²) >= 11 is 0. The number of aromatic nitrogens is 2. The zero-order chi connectivity index (χ0) is 26.0. The maximum Gasteiger partial charge on any atom is 0.275 e. The van der Waals surface area contributed by atoms with Crippen molar-refractivity contribution in [2.45, 2.75) is 20.8 Å². The van der Waals surface area contributed by atoms with Crippen LogP contribution in [0.4, 0.5) is 24.8 Å². The SMILES string of the molecule is Cc1cc(-c2ccnc(Nc3cc(C(=O)NNC(=O)c4c(F)cc(F)cc4F)ccc3C)n2)c(C)o1. The smallest absolute Gasteiger partial charge is 0.275 e. The Morgan fingerprint density at radius 2 is 1.58 bits per heavy atom. The minimum atomic E-state index is -1.40. The molecule has 0 saturated carbocycles. The Morgan fingerprint density at radius 1 is 0.889 bits per heavy atom. The van der Waals surface area contributed by atoms with Crippen LogP contribution in [0.25, 0.3) is 11.3 Å². The number of halogens is 3. The first kappa shape index (κ1) is 24.5. The van der Waals surface area contributed by atoms with E-state index in [1.165, 1.54) is 12.1 Å². The van der Waals surface area contributed by atoms with Gasteiger partial charge in [-0.05, 0) is 50.6 Å². The molecule has 36 heavy (non-hydrogen) atoms. The number of amides is 2. The van der Waals surface area contributed by atoms with Gasteiger partial charge in [0.1, 0.15) is 34.5 Å². The van der Waals surface area contributed by atoms with Crippen molar-refractivity contribution in [2.75, 3.05) is 5.32 Å². The largest absolute Gasteiger partial charge is 0.466 e. The Labute approximate surface area is 203 Å². The highest BCUT2D eigenvalue weighted by Crippen LogP contribution is 2.26. The van der Waals surface area contributed by atoms with Gasteiger partial charge in [0.25, 0.3) is 11.8 Å². The molecule has 0 fully saturated rings. The van der Waals surface area contributed by atoms with Crippen LogP contribution in [-0.4, -0.2) is 21.8 Å². The first-order valence-corrected chi connectivity index (χ1v) is 10.7. The molecule has 11 heteroatoms. The van der Waals surface area contributed by atoms with Gasteiger partial charge in [-0.1, -0.05) is 6.07 Å². The van der Waals surface area contributed by atoms with Gasteiger partial charge in [-0.2, -0.15) is 0 Å². The van der Waals surface area contributed by atoms with Crippen LogP contribution in [0.2, 0.25) is 0 Å². The third-order valence-electron chi connectivity index (χ3n) is 5.24. The zero-order valence-electron chi connectivity index (χ0n) is 19.4. The summed E-state index contributed by atoms with van der Waals surface area (Å²) in [6, 6.07) is 9.00. The van der Waals surface area contributed by atoms with Gasteiger partial charge in [0.2, 0.25) is 5.95 Å². The Bertz CT molecular complexity index is 1460. The van der Waals surface area contributed by atoms with E-state index in [4.69, 9.17) is 4.42 Å². The molecule has 0 aliphatic rings. The van der Waals surface area contributed by atoms with Gasteiger partial charge in [0.15, 0.2) is 0 Å². The van der Waals surface area contributed by atoms with Crippen molar-refractivity contribution in [3.05, 3.63) is 94.3 Å².